The van der Waals surface area contributed by atoms with Gasteiger partial charge in [-0.15, -0.1) is 0 Å². The number of aliphatic hydroxyl groups is 1. The number of hydrogen-bond donors (Lipinski definition) is 1. The molecule has 2 atom stereocenters. The smallest absolute Gasteiger partial charge is 0.0862 e. The predicted octanol–water partition coefficient (Wildman–Crippen LogP) is 1.12. The van der Waals surface area contributed by atoms with Crippen molar-refractivity contribution in [1.82, 2.24) is 0 Å². The van der Waals surface area contributed by atoms with Gasteiger partial charge in [0.15, 0.2) is 0 Å². The van der Waals surface area contributed by atoms with Gasteiger partial charge in [0, 0.05) is 57.3 Å². The van der Waals surface area contributed by atoms with Crippen LogP contribution in [0.1, 0.15) is 13.8 Å². The van der Waals surface area contributed by atoms with E-state index in [0.717, 1.165) is 0 Å². The third-order valence-corrected chi connectivity index (χ3v) is 1.87. The quantitative estimate of drug-likeness (QED) is 0.531. The Bertz CT molecular complexity index is 159. The second-order valence-electron chi connectivity index (χ2n) is 2.76. The van der Waals surface area contributed by atoms with Crippen molar-refractivity contribution in [3.05, 3.63) is 24.3 Å². The van der Waals surface area contributed by atoms with E-state index in [1.807, 2.05) is 38.2 Å². The normalized spacial score (nSPS) is 37.3. The van der Waals surface area contributed by atoms with Gasteiger partial charge in [0.1, 0.15) is 0 Å². The average molecular weight is 163 g/mol. The topological polar surface area (TPSA) is 20.2 Å². The van der Waals surface area contributed by atoms with Crippen molar-refractivity contribution in [3.8, 4) is 0 Å². The van der Waals surface area contributed by atoms with Crippen molar-refractivity contribution in [2.45, 2.75) is 19.4 Å². The number of hydrogen-bond acceptors (Lipinski definition) is 1. The SMILES string of the molecule is CC1C=CC=CC1(C)O.[K]. The van der Waals surface area contributed by atoms with Crippen LogP contribution in [0.25, 0.3) is 0 Å². The van der Waals surface area contributed by atoms with Gasteiger partial charge in [-0.1, -0.05) is 31.2 Å². The van der Waals surface area contributed by atoms with Crippen LogP contribution in [-0.2, 0) is 0 Å². The molecule has 0 saturated carbocycles. The summed E-state index contributed by atoms with van der Waals surface area (Å²) >= 11 is 0. The molecule has 2 unspecified atom stereocenters. The molecule has 1 radical (unpaired) electrons. The first kappa shape index (κ1) is 11.1. The maximum absolute atomic E-state index is 9.50. The van der Waals surface area contributed by atoms with Crippen LogP contribution < -0.4 is 0 Å². The Morgan fingerprint density at radius 2 is 2.00 bits per heavy atom. The van der Waals surface area contributed by atoms with E-state index in [1.165, 1.54) is 0 Å². The van der Waals surface area contributed by atoms with Crippen LogP contribution in [-0.4, -0.2) is 62.1 Å². The van der Waals surface area contributed by atoms with E-state index in [9.17, 15) is 5.11 Å². The summed E-state index contributed by atoms with van der Waals surface area (Å²) in [5.41, 5.74) is -0.630. The number of rotatable bonds is 0. The fourth-order valence-electron chi connectivity index (χ4n) is 0.828. The van der Waals surface area contributed by atoms with Crippen LogP contribution in [0.15, 0.2) is 24.3 Å². The summed E-state index contributed by atoms with van der Waals surface area (Å²) in [6.45, 7) is 3.82. The van der Waals surface area contributed by atoms with Crippen LogP contribution >= 0.6 is 0 Å². The van der Waals surface area contributed by atoms with Crippen molar-refractivity contribution >= 4 is 51.4 Å². The maximum Gasteiger partial charge on any atom is 0.0862 e. The van der Waals surface area contributed by atoms with Crippen molar-refractivity contribution < 1.29 is 5.11 Å². The first-order chi connectivity index (χ1) is 4.13. The fourth-order valence-corrected chi connectivity index (χ4v) is 0.828. The molecule has 0 aromatic rings. The summed E-state index contributed by atoms with van der Waals surface area (Å²) in [5.74, 6) is 0.238. The van der Waals surface area contributed by atoms with Crippen LogP contribution in [0.2, 0.25) is 0 Å². The number of allylic oxidation sites excluding steroid dienone is 2. The van der Waals surface area contributed by atoms with E-state index in [-0.39, 0.29) is 57.3 Å². The molecule has 0 heterocycles. The molecule has 1 nitrogen and oxygen atoms in total. The molecule has 0 bridgehead atoms. The summed E-state index contributed by atoms with van der Waals surface area (Å²) in [5, 5.41) is 9.50. The molecule has 0 amide bonds. The van der Waals surface area contributed by atoms with Crippen LogP contribution in [0, 0.1) is 5.92 Å². The van der Waals surface area contributed by atoms with E-state index in [0.29, 0.717) is 0 Å². The second kappa shape index (κ2) is 4.19. The van der Waals surface area contributed by atoms with Crippen molar-refractivity contribution in [1.29, 1.82) is 0 Å². The first-order valence-corrected chi connectivity index (χ1v) is 3.21. The fraction of sp³-hybridized carbons (Fsp3) is 0.500. The van der Waals surface area contributed by atoms with Gasteiger partial charge in [0.2, 0.25) is 0 Å². The molecular formula is C8H12KO. The van der Waals surface area contributed by atoms with Gasteiger partial charge in [-0.25, -0.2) is 0 Å². The zero-order valence-corrected chi connectivity index (χ0v) is 9.96. The average Bonchev–Trinajstić information content (AvgIpc) is 1.77. The molecule has 0 aliphatic heterocycles. The molecule has 0 spiro atoms. The Morgan fingerprint density at radius 3 is 2.30 bits per heavy atom. The Balaban J connectivity index is 0.000000810. The van der Waals surface area contributed by atoms with E-state index in [2.05, 4.69) is 0 Å². The van der Waals surface area contributed by atoms with E-state index < -0.39 is 5.60 Å². The minimum Gasteiger partial charge on any atom is -0.385 e. The molecule has 1 aliphatic carbocycles. The van der Waals surface area contributed by atoms with E-state index in [4.69, 9.17) is 0 Å². The molecule has 0 aromatic heterocycles. The predicted molar refractivity (Wildman–Crippen MR) is 43.8 cm³/mol. The van der Waals surface area contributed by atoms with Crippen molar-refractivity contribution in [2.75, 3.05) is 0 Å². The molecule has 0 fully saturated rings. The molecule has 1 N–H and O–H groups in total. The van der Waals surface area contributed by atoms with Gasteiger partial charge < -0.3 is 5.11 Å². The summed E-state index contributed by atoms with van der Waals surface area (Å²) in [6, 6.07) is 0. The Labute approximate surface area is 105 Å². The third kappa shape index (κ3) is 2.60. The minimum absolute atomic E-state index is 0. The van der Waals surface area contributed by atoms with Gasteiger partial charge in [0.05, 0.1) is 5.60 Å². The molecule has 1 rings (SSSR count). The molecule has 0 saturated heterocycles. The molecule has 51 valence electrons. The Kier molecular flexibility index (Phi) is 4.64. The van der Waals surface area contributed by atoms with Gasteiger partial charge in [-0.3, -0.25) is 0 Å². The van der Waals surface area contributed by atoms with Gasteiger partial charge in [-0.05, 0) is 6.92 Å². The first-order valence-electron chi connectivity index (χ1n) is 3.21. The van der Waals surface area contributed by atoms with Crippen LogP contribution in [0.5, 0.6) is 0 Å². The van der Waals surface area contributed by atoms with Crippen LogP contribution in [0.4, 0.5) is 0 Å². The second-order valence-corrected chi connectivity index (χ2v) is 2.76. The molecule has 2 heteroatoms. The largest absolute Gasteiger partial charge is 0.385 e. The molecule has 1 aliphatic rings. The van der Waals surface area contributed by atoms with Gasteiger partial charge >= 0.3 is 0 Å². The van der Waals surface area contributed by atoms with Gasteiger partial charge in [0.25, 0.3) is 0 Å². The van der Waals surface area contributed by atoms with Crippen LogP contribution in [0.3, 0.4) is 0 Å². The minimum atomic E-state index is -0.630. The summed E-state index contributed by atoms with van der Waals surface area (Å²) in [4.78, 5) is 0. The molecular weight excluding hydrogens is 151 g/mol. The Hall–Kier alpha value is 1.08. The third-order valence-electron chi connectivity index (χ3n) is 1.87. The molecule has 10 heavy (non-hydrogen) atoms. The van der Waals surface area contributed by atoms with Crippen molar-refractivity contribution in [3.63, 3.8) is 0 Å². The maximum atomic E-state index is 9.50. The zero-order chi connectivity index (χ0) is 6.91. The summed E-state index contributed by atoms with van der Waals surface area (Å²) in [7, 11) is 0. The van der Waals surface area contributed by atoms with Crippen molar-refractivity contribution in [2.24, 2.45) is 5.92 Å². The summed E-state index contributed by atoms with van der Waals surface area (Å²) < 4.78 is 0. The zero-order valence-electron chi connectivity index (χ0n) is 6.83. The van der Waals surface area contributed by atoms with E-state index >= 15 is 0 Å². The molecule has 0 aromatic carbocycles. The Morgan fingerprint density at radius 1 is 1.40 bits per heavy atom. The monoisotopic (exact) mass is 163 g/mol. The van der Waals surface area contributed by atoms with Gasteiger partial charge in [-0.2, -0.15) is 0 Å². The van der Waals surface area contributed by atoms with E-state index in [1.54, 1.807) is 0 Å². The standard InChI is InChI=1S/C8H12O.K/c1-7-5-3-4-6-8(7,2)9;/h3-7,9H,1-2H3;. The summed E-state index contributed by atoms with van der Waals surface area (Å²) in [6.07, 6.45) is 7.65.